The molecule has 3 N–H and O–H groups in total. The van der Waals surface area contributed by atoms with Crippen molar-refractivity contribution < 1.29 is 17.9 Å². The van der Waals surface area contributed by atoms with Crippen LogP contribution in [-0.2, 0) is 15.4 Å². The van der Waals surface area contributed by atoms with Crippen molar-refractivity contribution in [3.05, 3.63) is 52.3 Å². The van der Waals surface area contributed by atoms with E-state index in [1.54, 1.807) is 52.0 Å². The van der Waals surface area contributed by atoms with Crippen LogP contribution in [-0.4, -0.2) is 41.7 Å². The second-order valence-corrected chi connectivity index (χ2v) is 11.9. The van der Waals surface area contributed by atoms with Crippen molar-refractivity contribution in [3.8, 4) is 5.75 Å². The van der Waals surface area contributed by atoms with E-state index in [-0.39, 0.29) is 24.6 Å². The first kappa shape index (κ1) is 22.5. The lowest BCUT2D eigenvalue weighted by Crippen LogP contribution is -2.59. The molecule has 1 aromatic carbocycles. The number of hydrogen-bond donors (Lipinski definition) is 2. The summed E-state index contributed by atoms with van der Waals surface area (Å²) in [4.78, 5) is 21.6. The number of anilines is 1. The molecule has 2 aromatic rings. The largest absolute Gasteiger partial charge is 0.493 e. The third kappa shape index (κ3) is 3.34. The van der Waals surface area contributed by atoms with Gasteiger partial charge in [0, 0.05) is 23.9 Å². The Hall–Kier alpha value is -2.65. The molecule has 2 atom stereocenters. The SMILES string of the molecule is Cc1cc(Cl)cnc1C(=O)Nc1ccc2c(c1)[C@@]1(C)N=C(N)C(C)(C)S(=O)(=O)[C@@H]1CCO2. The van der Waals surface area contributed by atoms with E-state index in [0.717, 1.165) is 0 Å². The Labute approximate surface area is 192 Å². The van der Waals surface area contributed by atoms with Gasteiger partial charge >= 0.3 is 0 Å². The number of aliphatic imine (C=N–C) groups is 1. The van der Waals surface area contributed by atoms with Crippen LogP contribution in [0.25, 0.3) is 0 Å². The molecule has 32 heavy (non-hydrogen) atoms. The second kappa shape index (κ2) is 7.45. The number of aromatic nitrogens is 1. The van der Waals surface area contributed by atoms with E-state index in [0.29, 0.717) is 27.6 Å². The number of hydrogen-bond acceptors (Lipinski definition) is 7. The van der Waals surface area contributed by atoms with Gasteiger partial charge in [-0.2, -0.15) is 0 Å². The number of nitrogens with one attached hydrogen (secondary N) is 1. The van der Waals surface area contributed by atoms with Crippen LogP contribution in [0.1, 0.15) is 48.8 Å². The molecule has 4 rings (SSSR count). The van der Waals surface area contributed by atoms with E-state index >= 15 is 0 Å². The van der Waals surface area contributed by atoms with Crippen molar-refractivity contribution in [1.29, 1.82) is 0 Å². The Morgan fingerprint density at radius 1 is 1.28 bits per heavy atom. The maximum Gasteiger partial charge on any atom is 0.274 e. The zero-order valence-corrected chi connectivity index (χ0v) is 19.8. The maximum atomic E-state index is 13.5. The lowest BCUT2D eigenvalue weighted by Gasteiger charge is -2.43. The lowest BCUT2D eigenvalue weighted by molar-refractivity contribution is 0.102. The highest BCUT2D eigenvalue weighted by Crippen LogP contribution is 2.48. The van der Waals surface area contributed by atoms with Crippen LogP contribution in [0.4, 0.5) is 5.69 Å². The first-order valence-corrected chi connectivity index (χ1v) is 12.1. The van der Waals surface area contributed by atoms with Gasteiger partial charge in [0.05, 0.1) is 16.9 Å². The van der Waals surface area contributed by atoms with Gasteiger partial charge in [-0.15, -0.1) is 0 Å². The van der Waals surface area contributed by atoms with Gasteiger partial charge in [0.1, 0.15) is 27.6 Å². The summed E-state index contributed by atoms with van der Waals surface area (Å²) in [6, 6.07) is 6.76. The molecule has 0 spiro atoms. The molecule has 0 saturated heterocycles. The van der Waals surface area contributed by atoms with Gasteiger partial charge < -0.3 is 15.8 Å². The number of amides is 1. The van der Waals surface area contributed by atoms with Gasteiger partial charge in [-0.3, -0.25) is 9.79 Å². The smallest absolute Gasteiger partial charge is 0.274 e. The average Bonchev–Trinajstić information content (AvgIpc) is 2.84. The molecule has 2 aliphatic heterocycles. The molecular formula is C22H25ClN4O4S. The highest BCUT2D eigenvalue weighted by atomic mass is 35.5. The van der Waals surface area contributed by atoms with Gasteiger partial charge in [-0.05, 0) is 57.5 Å². The van der Waals surface area contributed by atoms with Crippen molar-refractivity contribution in [2.24, 2.45) is 10.7 Å². The van der Waals surface area contributed by atoms with E-state index in [9.17, 15) is 13.2 Å². The lowest BCUT2D eigenvalue weighted by atomic mass is 9.86. The zero-order chi connectivity index (χ0) is 23.5. The number of fused-ring (bicyclic) bond motifs is 3. The number of carbonyl (C=O) groups is 1. The predicted molar refractivity (Wildman–Crippen MR) is 124 cm³/mol. The molecule has 10 heteroatoms. The Kier molecular flexibility index (Phi) is 5.25. The summed E-state index contributed by atoms with van der Waals surface area (Å²) in [5.41, 5.74) is 6.90. The van der Waals surface area contributed by atoms with Gasteiger partial charge in [0.2, 0.25) is 0 Å². The third-order valence-corrected chi connectivity index (χ3v) is 9.64. The fraction of sp³-hybridized carbons (Fsp3) is 0.409. The number of ether oxygens (including phenoxy) is 1. The number of sulfone groups is 1. The number of pyridine rings is 1. The molecule has 3 heterocycles. The number of nitrogens with zero attached hydrogens (tertiary/aromatic N) is 2. The molecule has 0 radical (unpaired) electrons. The molecule has 0 bridgehead atoms. The standard InChI is InChI=1S/C22H25ClN4O4S/c1-12-9-13(23)11-25-18(12)19(28)26-14-5-6-16-15(10-14)22(4)17(7-8-31-16)32(29,30)21(2,3)20(24)27-22/h5-6,9-11,17H,7-8H2,1-4H3,(H2,24,27)(H,26,28)/t17-,22-/m1/s1. The van der Waals surface area contributed by atoms with Crippen LogP contribution in [0, 0.1) is 6.92 Å². The van der Waals surface area contributed by atoms with Crippen LogP contribution >= 0.6 is 11.6 Å². The number of carbonyl (C=O) groups excluding carboxylic acids is 1. The molecule has 0 fully saturated rings. The summed E-state index contributed by atoms with van der Waals surface area (Å²) in [5.74, 6) is 0.163. The van der Waals surface area contributed by atoms with Crippen LogP contribution in [0.5, 0.6) is 5.75 Å². The number of amidine groups is 1. The van der Waals surface area contributed by atoms with E-state index in [4.69, 9.17) is 22.1 Å². The van der Waals surface area contributed by atoms with E-state index in [1.807, 2.05) is 0 Å². The number of halogens is 1. The summed E-state index contributed by atoms with van der Waals surface area (Å²) in [6.45, 7) is 6.88. The van der Waals surface area contributed by atoms with Crippen molar-refractivity contribution in [1.82, 2.24) is 4.98 Å². The van der Waals surface area contributed by atoms with Crippen LogP contribution < -0.4 is 15.8 Å². The minimum absolute atomic E-state index is 0.0551. The summed E-state index contributed by atoms with van der Waals surface area (Å²) in [7, 11) is -3.67. The number of aryl methyl sites for hydroxylation is 1. The normalized spacial score (nSPS) is 25.4. The van der Waals surface area contributed by atoms with Gasteiger partial charge in [-0.1, -0.05) is 11.6 Å². The quantitative estimate of drug-likeness (QED) is 0.685. The summed E-state index contributed by atoms with van der Waals surface area (Å²) >= 11 is 5.93. The molecule has 0 unspecified atom stereocenters. The molecule has 1 amide bonds. The Balaban J connectivity index is 1.79. The minimum atomic E-state index is -3.67. The van der Waals surface area contributed by atoms with Crippen LogP contribution in [0.3, 0.4) is 0 Å². The zero-order valence-electron chi connectivity index (χ0n) is 18.3. The number of benzene rings is 1. The highest BCUT2D eigenvalue weighted by Gasteiger charge is 2.57. The Morgan fingerprint density at radius 2 is 2.00 bits per heavy atom. The monoisotopic (exact) mass is 476 g/mol. The Morgan fingerprint density at radius 3 is 2.69 bits per heavy atom. The molecule has 1 aromatic heterocycles. The highest BCUT2D eigenvalue weighted by molar-refractivity contribution is 7.94. The number of rotatable bonds is 2. The number of nitrogens with two attached hydrogens (primary N) is 1. The molecule has 0 saturated carbocycles. The summed E-state index contributed by atoms with van der Waals surface area (Å²) in [5, 5.41) is 2.45. The third-order valence-electron chi connectivity index (χ3n) is 6.36. The van der Waals surface area contributed by atoms with Crippen molar-refractivity contribution in [3.63, 3.8) is 0 Å². The van der Waals surface area contributed by atoms with Crippen molar-refractivity contribution >= 4 is 38.9 Å². The first-order valence-electron chi connectivity index (χ1n) is 10.2. The topological polar surface area (TPSA) is 124 Å². The van der Waals surface area contributed by atoms with E-state index in [2.05, 4.69) is 15.3 Å². The molecule has 170 valence electrons. The molecule has 0 aliphatic carbocycles. The predicted octanol–water partition coefficient (Wildman–Crippen LogP) is 3.23. The molecular weight excluding hydrogens is 452 g/mol. The van der Waals surface area contributed by atoms with Crippen molar-refractivity contribution in [2.45, 2.75) is 49.7 Å². The van der Waals surface area contributed by atoms with Crippen molar-refractivity contribution in [2.75, 3.05) is 11.9 Å². The van der Waals surface area contributed by atoms with Gasteiger partial charge in [-0.25, -0.2) is 13.4 Å². The maximum absolute atomic E-state index is 13.5. The van der Waals surface area contributed by atoms with Crippen LogP contribution in [0.2, 0.25) is 5.02 Å². The Bertz CT molecular complexity index is 1260. The fourth-order valence-electron chi connectivity index (χ4n) is 4.30. The first-order chi connectivity index (χ1) is 14.9. The minimum Gasteiger partial charge on any atom is -0.493 e. The van der Waals surface area contributed by atoms with Gasteiger partial charge in [0.25, 0.3) is 5.91 Å². The summed E-state index contributed by atoms with van der Waals surface area (Å²) < 4.78 is 31.5. The second-order valence-electron chi connectivity index (χ2n) is 8.81. The van der Waals surface area contributed by atoms with Crippen LogP contribution in [0.15, 0.2) is 35.5 Å². The van der Waals surface area contributed by atoms with E-state index in [1.165, 1.54) is 6.20 Å². The fourth-order valence-corrected chi connectivity index (χ4v) is 6.76. The van der Waals surface area contributed by atoms with E-state index < -0.39 is 31.3 Å². The summed E-state index contributed by atoms with van der Waals surface area (Å²) in [6.07, 6.45) is 1.69. The van der Waals surface area contributed by atoms with Gasteiger partial charge in [0.15, 0.2) is 9.84 Å². The average molecular weight is 477 g/mol. The molecule has 8 nitrogen and oxygen atoms in total. The molecule has 2 aliphatic rings.